The van der Waals surface area contributed by atoms with E-state index in [0.29, 0.717) is 35.0 Å². The molecule has 0 aliphatic rings. The van der Waals surface area contributed by atoms with Crippen LogP contribution in [0, 0.1) is 13.8 Å². The lowest BCUT2D eigenvalue weighted by molar-refractivity contribution is 0.251. The molecule has 15 nitrogen and oxygen atoms in total. The van der Waals surface area contributed by atoms with Gasteiger partial charge in [-0.1, -0.05) is 56.0 Å². The number of anilines is 3. The molecule has 68 heavy (non-hydrogen) atoms. The highest BCUT2D eigenvalue weighted by Gasteiger charge is 2.16. The van der Waals surface area contributed by atoms with E-state index in [-0.39, 0.29) is 18.1 Å². The van der Waals surface area contributed by atoms with Gasteiger partial charge >= 0.3 is 18.1 Å². The summed E-state index contributed by atoms with van der Waals surface area (Å²) in [7, 11) is 0. The van der Waals surface area contributed by atoms with Gasteiger partial charge in [-0.05, 0) is 149 Å². The van der Waals surface area contributed by atoms with Crippen LogP contribution in [0.1, 0.15) is 31.9 Å². The van der Waals surface area contributed by atoms with Crippen molar-refractivity contribution >= 4 is 146 Å². The van der Waals surface area contributed by atoms with E-state index in [4.69, 9.17) is 0 Å². The molecule has 0 unspecified atom stereocenters. The number of nitrogens with zero attached hydrogens (tertiary/aromatic N) is 6. The van der Waals surface area contributed by atoms with Crippen LogP contribution in [0.5, 0.6) is 0 Å². The number of nitrogens with one attached hydrogen (secondary N) is 6. The van der Waals surface area contributed by atoms with Gasteiger partial charge in [-0.25, -0.2) is 29.3 Å². The van der Waals surface area contributed by atoms with E-state index in [1.807, 2.05) is 108 Å². The van der Waals surface area contributed by atoms with Crippen molar-refractivity contribution in [2.75, 3.05) is 35.6 Å². The third kappa shape index (κ3) is 13.0. The number of halogens is 3. The maximum atomic E-state index is 11.9. The van der Waals surface area contributed by atoms with Crippen molar-refractivity contribution in [3.8, 4) is 33.5 Å². The summed E-state index contributed by atoms with van der Waals surface area (Å²) >= 11 is 14.8. The number of fused-ring (bicyclic) bond motifs is 3. The molecule has 6 aromatic heterocycles. The molecule has 0 atom stereocenters. The van der Waals surface area contributed by atoms with Crippen LogP contribution in [-0.2, 0) is 0 Å². The Morgan fingerprint density at radius 1 is 0.529 bits per heavy atom. The lowest BCUT2D eigenvalue weighted by Gasteiger charge is -2.07. The minimum atomic E-state index is -0.260. The fourth-order valence-electron chi connectivity index (χ4n) is 6.52. The average Bonchev–Trinajstić information content (AvgIpc) is 4.03. The van der Waals surface area contributed by atoms with Gasteiger partial charge in [0, 0.05) is 80.7 Å². The highest BCUT2D eigenvalue weighted by atomic mass is 79.9. The van der Waals surface area contributed by atoms with Gasteiger partial charge in [0.1, 0.15) is 0 Å². The summed E-state index contributed by atoms with van der Waals surface area (Å²) in [6.45, 7) is 11.4. The van der Waals surface area contributed by atoms with Gasteiger partial charge in [-0.15, -0.1) is 0 Å². The van der Waals surface area contributed by atoms with E-state index in [9.17, 15) is 14.4 Å². The molecule has 6 N–H and O–H groups in total. The molecule has 6 amide bonds. The Morgan fingerprint density at radius 2 is 0.985 bits per heavy atom. The number of hydrogen-bond donors (Lipinski definition) is 6. The Hall–Kier alpha value is -5.97. The summed E-state index contributed by atoms with van der Waals surface area (Å²) in [5, 5.41) is 18.0. The quantitative estimate of drug-likeness (QED) is 0.0813. The number of amides is 6. The largest absolute Gasteiger partial charge is 0.338 e. The number of urea groups is 3. The van der Waals surface area contributed by atoms with Crippen LogP contribution in [0.15, 0.2) is 111 Å². The zero-order valence-electron chi connectivity index (χ0n) is 37.1. The summed E-state index contributed by atoms with van der Waals surface area (Å²) in [6, 6.07) is 21.3. The fraction of sp³-hybridized carbons (Fsp3) is 0.170. The predicted octanol–water partition coefficient (Wildman–Crippen LogP) is 13.4. The molecule has 6 heterocycles. The van der Waals surface area contributed by atoms with Crippen LogP contribution in [0.3, 0.4) is 0 Å². The molecule has 0 aliphatic carbocycles. The number of pyridine rings is 3. The van der Waals surface area contributed by atoms with Crippen molar-refractivity contribution in [3.63, 3.8) is 0 Å². The Morgan fingerprint density at radius 3 is 1.46 bits per heavy atom. The van der Waals surface area contributed by atoms with Crippen LogP contribution < -0.4 is 31.9 Å². The Labute approximate surface area is 428 Å². The molecule has 0 fully saturated rings. The predicted molar refractivity (Wildman–Crippen MR) is 289 cm³/mol. The molecule has 0 saturated carbocycles. The number of aryl methyl sites for hydroxylation is 2. The fourth-order valence-corrected chi connectivity index (χ4v) is 11.3. The molecular weight excluding hydrogens is 1120 g/mol. The number of thiazole rings is 3. The van der Waals surface area contributed by atoms with E-state index < -0.39 is 0 Å². The first-order chi connectivity index (χ1) is 32.8. The normalized spacial score (nSPS) is 10.7. The summed E-state index contributed by atoms with van der Waals surface area (Å²) in [5.41, 5.74) is 10.7. The summed E-state index contributed by atoms with van der Waals surface area (Å²) < 4.78 is 5.86. The van der Waals surface area contributed by atoms with Crippen molar-refractivity contribution in [3.05, 3.63) is 122 Å². The van der Waals surface area contributed by atoms with Crippen molar-refractivity contribution in [1.82, 2.24) is 45.9 Å². The lowest BCUT2D eigenvalue weighted by atomic mass is 10.0. The molecule has 0 saturated heterocycles. The third-order valence-electron chi connectivity index (χ3n) is 9.38. The first kappa shape index (κ1) is 49.9. The van der Waals surface area contributed by atoms with Gasteiger partial charge < -0.3 is 16.0 Å². The molecule has 21 heteroatoms. The van der Waals surface area contributed by atoms with Gasteiger partial charge in [0.05, 0.1) is 36.3 Å². The minimum Gasteiger partial charge on any atom is -0.338 e. The van der Waals surface area contributed by atoms with E-state index in [1.54, 1.807) is 6.20 Å². The van der Waals surface area contributed by atoms with E-state index in [0.717, 1.165) is 88.7 Å². The van der Waals surface area contributed by atoms with Crippen molar-refractivity contribution in [2.45, 2.75) is 34.6 Å². The zero-order chi connectivity index (χ0) is 48.3. The monoisotopic (exact) mass is 1160 g/mol. The molecule has 0 bridgehead atoms. The van der Waals surface area contributed by atoms with Gasteiger partial charge in [0.15, 0.2) is 15.4 Å². The molecule has 0 aliphatic heterocycles. The van der Waals surface area contributed by atoms with Crippen LogP contribution in [-0.4, -0.2) is 67.6 Å². The average molecular weight is 1160 g/mol. The first-order valence-electron chi connectivity index (χ1n) is 21.0. The van der Waals surface area contributed by atoms with Gasteiger partial charge in [-0.2, -0.15) is 0 Å². The van der Waals surface area contributed by atoms with Crippen LogP contribution in [0.25, 0.3) is 64.2 Å². The zero-order valence-corrected chi connectivity index (χ0v) is 44.3. The van der Waals surface area contributed by atoms with E-state index in [2.05, 4.69) is 128 Å². The smallest absolute Gasteiger partial charge is 0.321 e. The second kappa shape index (κ2) is 23.4. The van der Waals surface area contributed by atoms with Crippen LogP contribution in [0.4, 0.5) is 29.8 Å². The first-order valence-corrected chi connectivity index (χ1v) is 25.8. The summed E-state index contributed by atoms with van der Waals surface area (Å²) in [6.07, 6.45) is 9.11. The Balaban J connectivity index is 0.000000156. The van der Waals surface area contributed by atoms with Crippen LogP contribution >= 0.6 is 81.8 Å². The molecule has 0 spiro atoms. The maximum absolute atomic E-state index is 11.9. The number of benzene rings is 3. The number of carbonyl (C=O) groups excluding carboxylic acids is 3. The highest BCUT2D eigenvalue weighted by molar-refractivity contribution is 9.11. The molecule has 9 aromatic rings. The van der Waals surface area contributed by atoms with Crippen molar-refractivity contribution in [1.29, 1.82) is 0 Å². The number of carbonyl (C=O) groups is 3. The maximum Gasteiger partial charge on any atom is 0.321 e. The third-order valence-corrected chi connectivity index (χ3v) is 14.7. The number of aromatic nitrogens is 6. The standard InChI is InChI=1S/C21H19N5OS.C16H15BrN4OS.C10H9Br2N3OS/c1-3-23-20(27)26-21-25-18-10-14(15-8-13(2)11-22-12-15)9-16(19(18)28-21)17-6-4-5-7-24-17;1-3-19-15(22)21-16-20-13-6-10(5-12(17)14(13)23-16)11-4-9(2)7-18-8-11;1-2-13-9(16)15-10-14-7-4-5(11)3-6(12)8(7)17-10/h4-12H,3H2,1-2H3,(H2,23,25,26,27);4-8H,3H2,1-2H3,(H2,19,20,21,22);3-4H,2H2,1H3,(H2,13,14,15,16). The van der Waals surface area contributed by atoms with Crippen molar-refractivity contribution in [2.24, 2.45) is 0 Å². The van der Waals surface area contributed by atoms with Gasteiger partial charge in [-0.3, -0.25) is 30.9 Å². The van der Waals surface area contributed by atoms with Crippen molar-refractivity contribution < 1.29 is 14.4 Å². The highest BCUT2D eigenvalue weighted by Crippen LogP contribution is 2.39. The Bertz CT molecular complexity index is 3260. The molecule has 348 valence electrons. The van der Waals surface area contributed by atoms with Gasteiger partial charge in [0.25, 0.3) is 0 Å². The lowest BCUT2D eigenvalue weighted by Crippen LogP contribution is -2.28. The Kier molecular flexibility index (Phi) is 17.1. The number of hydrogen-bond acceptors (Lipinski definition) is 12. The topological polar surface area (TPSA) is 201 Å². The summed E-state index contributed by atoms with van der Waals surface area (Å²) in [5.74, 6) is 0. The summed E-state index contributed by atoms with van der Waals surface area (Å²) in [4.78, 5) is 61.4. The number of rotatable bonds is 9. The second-order valence-electron chi connectivity index (χ2n) is 14.6. The van der Waals surface area contributed by atoms with Crippen LogP contribution in [0.2, 0.25) is 0 Å². The van der Waals surface area contributed by atoms with E-state index in [1.165, 1.54) is 34.0 Å². The van der Waals surface area contributed by atoms with Gasteiger partial charge in [0.2, 0.25) is 0 Å². The molecular formula is C47H43Br3N12O3S3. The van der Waals surface area contributed by atoms with E-state index >= 15 is 0 Å². The molecule has 0 radical (unpaired) electrons. The minimum absolute atomic E-state index is 0.234. The SMILES string of the molecule is CCNC(=O)Nc1nc2cc(-c3cncc(C)c3)cc(-c3ccccn3)c2s1.CCNC(=O)Nc1nc2cc(-c3cncc(C)c3)cc(Br)c2s1.CCNC(=O)Nc1nc2cc(Br)cc(Br)c2s1. The molecule has 3 aromatic carbocycles. The second-order valence-corrected chi connectivity index (χ2v) is 20.3. The molecule has 9 rings (SSSR count).